The van der Waals surface area contributed by atoms with E-state index < -0.39 is 0 Å². The lowest BCUT2D eigenvalue weighted by Gasteiger charge is -2.02. The molecule has 2 heterocycles. The fourth-order valence-electron chi connectivity index (χ4n) is 2.80. The zero-order valence-corrected chi connectivity index (χ0v) is 14.4. The Bertz CT molecular complexity index is 962. The van der Waals surface area contributed by atoms with E-state index in [1.807, 2.05) is 78.9 Å². The van der Waals surface area contributed by atoms with Crippen LogP contribution in [0.1, 0.15) is 21.6 Å². The number of ketones is 1. The Morgan fingerprint density at radius 2 is 1.58 bits per heavy atom. The highest BCUT2D eigenvalue weighted by Crippen LogP contribution is 2.25. The first-order chi connectivity index (χ1) is 12.8. The molecule has 0 aliphatic rings. The van der Waals surface area contributed by atoms with Gasteiger partial charge in [-0.15, -0.1) is 6.58 Å². The maximum atomic E-state index is 12.8. The summed E-state index contributed by atoms with van der Waals surface area (Å²) in [6, 6.07) is 23.0. The van der Waals surface area contributed by atoms with Gasteiger partial charge in [-0.1, -0.05) is 60.7 Å². The molecule has 4 aromatic rings. The largest absolute Gasteiger partial charge is 0.358 e. The Kier molecular flexibility index (Phi) is 5.73. The second-order valence-corrected chi connectivity index (χ2v) is 5.74. The number of para-hydroxylation sites is 1. The summed E-state index contributed by atoms with van der Waals surface area (Å²) in [5.74, 6) is 0.0555. The first-order valence-corrected chi connectivity index (χ1v) is 8.46. The van der Waals surface area contributed by atoms with Crippen molar-refractivity contribution in [3.63, 3.8) is 0 Å². The van der Waals surface area contributed by atoms with Gasteiger partial charge in [-0.25, -0.2) is 0 Å². The Balaban J connectivity index is 0.000000278. The van der Waals surface area contributed by atoms with Gasteiger partial charge in [-0.05, 0) is 18.2 Å². The van der Waals surface area contributed by atoms with Gasteiger partial charge in [0.1, 0.15) is 0 Å². The number of rotatable bonds is 4. The molecule has 2 aromatic heterocycles. The standard InChI is InChI=1S/C18H15NO.C5H5N/c1-2-8-16-17(14-11-6-7-12-15(14)19-16)18(20)13-9-4-3-5-10-13;1-2-4-6-5-3-1/h2-7,9-12,19H,1,8H2;1-5H. The fourth-order valence-corrected chi connectivity index (χ4v) is 2.80. The third-order valence-electron chi connectivity index (χ3n) is 3.96. The first-order valence-electron chi connectivity index (χ1n) is 8.46. The molecule has 0 aliphatic heterocycles. The quantitative estimate of drug-likeness (QED) is 0.409. The molecule has 0 aliphatic carbocycles. The van der Waals surface area contributed by atoms with Crippen LogP contribution < -0.4 is 0 Å². The molecule has 3 heteroatoms. The highest BCUT2D eigenvalue weighted by molar-refractivity contribution is 6.17. The van der Waals surface area contributed by atoms with Crippen molar-refractivity contribution in [3.05, 3.63) is 115 Å². The van der Waals surface area contributed by atoms with E-state index in [9.17, 15) is 4.79 Å². The minimum absolute atomic E-state index is 0.0555. The molecule has 3 nitrogen and oxygen atoms in total. The number of benzene rings is 2. The van der Waals surface area contributed by atoms with Gasteiger partial charge in [0.2, 0.25) is 0 Å². The number of hydrogen-bond acceptors (Lipinski definition) is 2. The van der Waals surface area contributed by atoms with E-state index >= 15 is 0 Å². The van der Waals surface area contributed by atoms with Crippen LogP contribution in [0.4, 0.5) is 0 Å². The van der Waals surface area contributed by atoms with Crippen LogP contribution in [-0.4, -0.2) is 15.8 Å². The number of carbonyl (C=O) groups is 1. The Hall–Kier alpha value is -3.46. The molecule has 128 valence electrons. The molecule has 0 spiro atoms. The second-order valence-electron chi connectivity index (χ2n) is 5.74. The highest BCUT2D eigenvalue weighted by Gasteiger charge is 2.18. The van der Waals surface area contributed by atoms with Gasteiger partial charge < -0.3 is 4.98 Å². The summed E-state index contributed by atoms with van der Waals surface area (Å²) in [5.41, 5.74) is 3.38. The lowest BCUT2D eigenvalue weighted by Crippen LogP contribution is -2.03. The maximum Gasteiger partial charge on any atom is 0.195 e. The molecule has 0 unspecified atom stereocenters. The third kappa shape index (κ3) is 3.95. The minimum atomic E-state index is 0.0555. The van der Waals surface area contributed by atoms with Gasteiger partial charge in [0.15, 0.2) is 5.78 Å². The molecular formula is C23H20N2O. The number of pyridine rings is 1. The molecule has 0 fully saturated rings. The topological polar surface area (TPSA) is 45.8 Å². The van der Waals surface area contributed by atoms with Gasteiger partial charge >= 0.3 is 0 Å². The van der Waals surface area contributed by atoms with Gasteiger partial charge in [-0.2, -0.15) is 0 Å². The molecule has 0 atom stereocenters. The predicted molar refractivity (Wildman–Crippen MR) is 106 cm³/mol. The molecule has 0 amide bonds. The Morgan fingerprint density at radius 3 is 2.19 bits per heavy atom. The van der Waals surface area contributed by atoms with Crippen molar-refractivity contribution in [3.8, 4) is 0 Å². The summed E-state index contributed by atoms with van der Waals surface area (Å²) in [4.78, 5) is 19.9. The number of hydrogen-bond donors (Lipinski definition) is 1. The number of allylic oxidation sites excluding steroid dienone is 1. The summed E-state index contributed by atoms with van der Waals surface area (Å²) in [7, 11) is 0. The summed E-state index contributed by atoms with van der Waals surface area (Å²) in [5, 5.41) is 0.971. The molecule has 26 heavy (non-hydrogen) atoms. The predicted octanol–water partition coefficient (Wildman–Crippen LogP) is 5.21. The van der Waals surface area contributed by atoms with E-state index in [-0.39, 0.29) is 5.78 Å². The van der Waals surface area contributed by atoms with E-state index in [4.69, 9.17) is 0 Å². The number of nitrogens with one attached hydrogen (secondary N) is 1. The van der Waals surface area contributed by atoms with E-state index in [1.165, 1.54) is 0 Å². The summed E-state index contributed by atoms with van der Waals surface area (Å²) >= 11 is 0. The van der Waals surface area contributed by atoms with Crippen LogP contribution in [0.5, 0.6) is 0 Å². The SMILES string of the molecule is C=CCc1[nH]c2ccccc2c1C(=O)c1ccccc1.c1ccncc1. The summed E-state index contributed by atoms with van der Waals surface area (Å²) in [6.45, 7) is 3.77. The molecular weight excluding hydrogens is 320 g/mol. The minimum Gasteiger partial charge on any atom is -0.358 e. The maximum absolute atomic E-state index is 12.8. The highest BCUT2D eigenvalue weighted by atomic mass is 16.1. The number of aromatic nitrogens is 2. The van der Waals surface area contributed by atoms with Crippen molar-refractivity contribution < 1.29 is 4.79 Å². The first kappa shape index (κ1) is 17.4. The van der Waals surface area contributed by atoms with Crippen LogP contribution in [0.2, 0.25) is 0 Å². The van der Waals surface area contributed by atoms with Crippen LogP contribution in [0, 0.1) is 0 Å². The van der Waals surface area contributed by atoms with Gasteiger partial charge in [0.25, 0.3) is 0 Å². The van der Waals surface area contributed by atoms with Crippen LogP contribution >= 0.6 is 0 Å². The zero-order valence-electron chi connectivity index (χ0n) is 14.4. The number of aromatic amines is 1. The molecule has 0 radical (unpaired) electrons. The normalized spacial score (nSPS) is 10.0. The van der Waals surface area contributed by atoms with Crippen molar-refractivity contribution in [2.75, 3.05) is 0 Å². The number of carbonyl (C=O) groups excluding carboxylic acids is 1. The smallest absolute Gasteiger partial charge is 0.195 e. The van der Waals surface area contributed by atoms with Gasteiger partial charge in [-0.3, -0.25) is 9.78 Å². The number of fused-ring (bicyclic) bond motifs is 1. The summed E-state index contributed by atoms with van der Waals surface area (Å²) in [6.07, 6.45) is 5.97. The zero-order chi connectivity index (χ0) is 18.2. The second kappa shape index (κ2) is 8.58. The van der Waals surface area contributed by atoms with Crippen molar-refractivity contribution in [2.45, 2.75) is 6.42 Å². The van der Waals surface area contributed by atoms with Gasteiger partial charge in [0, 0.05) is 41.0 Å². The molecule has 1 N–H and O–H groups in total. The molecule has 4 rings (SSSR count). The monoisotopic (exact) mass is 340 g/mol. The van der Waals surface area contributed by atoms with Crippen molar-refractivity contribution >= 4 is 16.7 Å². The van der Waals surface area contributed by atoms with E-state index in [0.29, 0.717) is 12.0 Å². The van der Waals surface area contributed by atoms with Crippen molar-refractivity contribution in [1.82, 2.24) is 9.97 Å². The third-order valence-corrected chi connectivity index (χ3v) is 3.96. The van der Waals surface area contributed by atoms with Crippen LogP contribution in [0.15, 0.2) is 97.8 Å². The van der Waals surface area contributed by atoms with Crippen LogP contribution in [0.25, 0.3) is 10.9 Å². The fraction of sp³-hybridized carbons (Fsp3) is 0.0435. The Labute approximate surface area is 153 Å². The molecule has 0 saturated heterocycles. The molecule has 0 saturated carbocycles. The average Bonchev–Trinajstić information content (AvgIpc) is 3.08. The summed E-state index contributed by atoms with van der Waals surface area (Å²) < 4.78 is 0. The molecule has 2 aromatic carbocycles. The average molecular weight is 340 g/mol. The van der Waals surface area contributed by atoms with Crippen molar-refractivity contribution in [2.24, 2.45) is 0 Å². The number of nitrogens with zero attached hydrogens (tertiary/aromatic N) is 1. The lowest BCUT2D eigenvalue weighted by atomic mass is 9.99. The Morgan fingerprint density at radius 1 is 0.923 bits per heavy atom. The van der Waals surface area contributed by atoms with Crippen LogP contribution in [-0.2, 0) is 6.42 Å². The van der Waals surface area contributed by atoms with Gasteiger partial charge in [0.05, 0.1) is 5.56 Å². The lowest BCUT2D eigenvalue weighted by molar-refractivity contribution is 0.103. The van der Waals surface area contributed by atoms with E-state index in [0.717, 1.165) is 22.2 Å². The van der Waals surface area contributed by atoms with E-state index in [2.05, 4.69) is 16.5 Å². The van der Waals surface area contributed by atoms with Crippen LogP contribution in [0.3, 0.4) is 0 Å². The van der Waals surface area contributed by atoms with E-state index in [1.54, 1.807) is 12.4 Å². The number of H-pyrrole nitrogens is 1. The molecule has 0 bridgehead atoms. The van der Waals surface area contributed by atoms with Crippen molar-refractivity contribution in [1.29, 1.82) is 0 Å².